The van der Waals surface area contributed by atoms with Crippen LogP contribution in [-0.4, -0.2) is 37.2 Å². The molecule has 6 nitrogen and oxygen atoms in total. The zero-order valence-electron chi connectivity index (χ0n) is 46.8. The van der Waals surface area contributed by atoms with Gasteiger partial charge in [0.15, 0.2) is 6.10 Å². The monoisotopic (exact) mass is 1010 g/mol. The summed E-state index contributed by atoms with van der Waals surface area (Å²) in [5, 5.41) is 0. The number of hydrogen-bond donors (Lipinski definition) is 0. The first kappa shape index (κ1) is 68.3. The average molecular weight is 1010 g/mol. The van der Waals surface area contributed by atoms with Crippen LogP contribution < -0.4 is 0 Å². The first-order valence-corrected chi connectivity index (χ1v) is 29.3. The molecule has 0 aliphatic rings. The van der Waals surface area contributed by atoms with E-state index in [1.165, 1.54) is 57.8 Å². The zero-order valence-corrected chi connectivity index (χ0v) is 46.8. The van der Waals surface area contributed by atoms with Gasteiger partial charge in [-0.25, -0.2) is 0 Å². The second-order valence-corrected chi connectivity index (χ2v) is 18.8. The number of carbonyl (C=O) groups excluding carboxylic acids is 3. The number of unbranched alkanes of at least 4 members (excludes halogenated alkanes) is 16. The molecule has 0 spiro atoms. The minimum Gasteiger partial charge on any atom is -0.462 e. The van der Waals surface area contributed by atoms with E-state index in [0.717, 1.165) is 135 Å². The Kier molecular flexibility index (Phi) is 56.0. The summed E-state index contributed by atoms with van der Waals surface area (Å²) < 4.78 is 16.7. The summed E-state index contributed by atoms with van der Waals surface area (Å²) in [5.74, 6) is -0.966. The lowest BCUT2D eigenvalue weighted by atomic mass is 10.1. The van der Waals surface area contributed by atoms with Crippen LogP contribution >= 0.6 is 0 Å². The van der Waals surface area contributed by atoms with Crippen molar-refractivity contribution in [1.29, 1.82) is 0 Å². The van der Waals surface area contributed by atoms with Crippen molar-refractivity contribution in [1.82, 2.24) is 0 Å². The molecule has 0 bridgehead atoms. The average Bonchev–Trinajstić information content (AvgIpc) is 3.39. The van der Waals surface area contributed by atoms with Crippen LogP contribution in [0.5, 0.6) is 0 Å². The third-order valence-electron chi connectivity index (χ3n) is 11.8. The summed E-state index contributed by atoms with van der Waals surface area (Å²) in [7, 11) is 0. The Balaban J connectivity index is 4.19. The largest absolute Gasteiger partial charge is 0.462 e. The number of rotatable bonds is 51. The summed E-state index contributed by atoms with van der Waals surface area (Å²) in [5.41, 5.74) is 0. The van der Waals surface area contributed by atoms with Crippen LogP contribution in [0.3, 0.4) is 0 Å². The Morgan fingerprint density at radius 3 is 0.863 bits per heavy atom. The molecule has 0 saturated heterocycles. The number of allylic oxidation sites excluding steroid dienone is 24. The highest BCUT2D eigenvalue weighted by Gasteiger charge is 2.19. The molecule has 410 valence electrons. The molecule has 0 N–H and O–H groups in total. The van der Waals surface area contributed by atoms with Crippen molar-refractivity contribution < 1.29 is 28.6 Å². The van der Waals surface area contributed by atoms with Crippen molar-refractivity contribution in [2.45, 2.75) is 245 Å². The molecule has 0 aliphatic carbocycles. The Morgan fingerprint density at radius 1 is 0.288 bits per heavy atom. The predicted molar refractivity (Wildman–Crippen MR) is 315 cm³/mol. The summed E-state index contributed by atoms with van der Waals surface area (Å²) in [4.78, 5) is 37.9. The fourth-order valence-corrected chi connectivity index (χ4v) is 7.51. The van der Waals surface area contributed by atoms with E-state index in [9.17, 15) is 14.4 Å². The summed E-state index contributed by atoms with van der Waals surface area (Å²) in [6.45, 7) is 6.31. The highest BCUT2D eigenvalue weighted by molar-refractivity contribution is 5.71. The van der Waals surface area contributed by atoms with E-state index in [2.05, 4.69) is 167 Å². The van der Waals surface area contributed by atoms with E-state index in [4.69, 9.17) is 14.2 Å². The molecular formula is C67H106O6. The van der Waals surface area contributed by atoms with E-state index in [1.54, 1.807) is 0 Å². The SMILES string of the molecule is CC/C=C\C/C=C\C/C=C\C/C=C\C/C=C\C/C=C\C/C=C\C/C=C\CCCCCCCCCCC(=O)OCC(COC(=O)CCCCCCCCC)OC(=O)CCCC/C=C\C/C=C\C/C=C\C/C=C\CC. The molecule has 6 heteroatoms. The van der Waals surface area contributed by atoms with E-state index in [1.807, 2.05) is 0 Å². The lowest BCUT2D eigenvalue weighted by Gasteiger charge is -2.18. The number of ether oxygens (including phenoxy) is 3. The Bertz CT molecular complexity index is 1630. The van der Waals surface area contributed by atoms with E-state index in [0.29, 0.717) is 19.3 Å². The fourth-order valence-electron chi connectivity index (χ4n) is 7.51. The van der Waals surface area contributed by atoms with Crippen LogP contribution in [-0.2, 0) is 28.6 Å². The van der Waals surface area contributed by atoms with Gasteiger partial charge < -0.3 is 14.2 Å². The van der Waals surface area contributed by atoms with Crippen LogP contribution in [0, 0.1) is 0 Å². The maximum Gasteiger partial charge on any atom is 0.306 e. The second-order valence-electron chi connectivity index (χ2n) is 18.8. The Labute approximate surface area is 448 Å². The maximum absolute atomic E-state index is 12.8. The van der Waals surface area contributed by atoms with Gasteiger partial charge >= 0.3 is 17.9 Å². The molecule has 0 aliphatic heterocycles. The van der Waals surface area contributed by atoms with Gasteiger partial charge in [0.25, 0.3) is 0 Å². The van der Waals surface area contributed by atoms with Gasteiger partial charge in [-0.15, -0.1) is 0 Å². The molecule has 0 saturated carbocycles. The van der Waals surface area contributed by atoms with Crippen LogP contribution in [0.2, 0.25) is 0 Å². The summed E-state index contributed by atoms with van der Waals surface area (Å²) >= 11 is 0. The van der Waals surface area contributed by atoms with Crippen LogP contribution in [0.25, 0.3) is 0 Å². The van der Waals surface area contributed by atoms with Gasteiger partial charge in [-0.1, -0.05) is 244 Å². The van der Waals surface area contributed by atoms with Gasteiger partial charge in [0.1, 0.15) is 13.2 Å². The van der Waals surface area contributed by atoms with Gasteiger partial charge in [-0.3, -0.25) is 14.4 Å². The zero-order chi connectivity index (χ0) is 52.9. The van der Waals surface area contributed by atoms with Crippen molar-refractivity contribution in [2.24, 2.45) is 0 Å². The topological polar surface area (TPSA) is 78.9 Å². The number of carbonyl (C=O) groups is 3. The molecule has 1 atom stereocenters. The van der Waals surface area contributed by atoms with E-state index < -0.39 is 6.10 Å². The molecule has 1 unspecified atom stereocenters. The fraction of sp³-hybridized carbons (Fsp3) is 0.597. The van der Waals surface area contributed by atoms with Crippen LogP contribution in [0.1, 0.15) is 239 Å². The molecule has 0 rings (SSSR count). The second kappa shape index (κ2) is 59.8. The highest BCUT2D eigenvalue weighted by atomic mass is 16.6. The molecule has 0 heterocycles. The highest BCUT2D eigenvalue weighted by Crippen LogP contribution is 2.13. The van der Waals surface area contributed by atoms with E-state index >= 15 is 0 Å². The smallest absolute Gasteiger partial charge is 0.306 e. The molecular weight excluding hydrogens is 901 g/mol. The van der Waals surface area contributed by atoms with Crippen LogP contribution in [0.15, 0.2) is 146 Å². The molecule has 0 aromatic heterocycles. The van der Waals surface area contributed by atoms with Crippen LogP contribution in [0.4, 0.5) is 0 Å². The normalized spacial score (nSPS) is 13.2. The van der Waals surface area contributed by atoms with E-state index in [-0.39, 0.29) is 37.5 Å². The molecule has 73 heavy (non-hydrogen) atoms. The quantitative estimate of drug-likeness (QED) is 0.0261. The van der Waals surface area contributed by atoms with Gasteiger partial charge in [-0.2, -0.15) is 0 Å². The molecule has 0 aromatic carbocycles. The van der Waals surface area contributed by atoms with Gasteiger partial charge in [0.2, 0.25) is 0 Å². The van der Waals surface area contributed by atoms with Crippen molar-refractivity contribution >= 4 is 17.9 Å². The molecule has 0 amide bonds. The summed E-state index contributed by atoms with van der Waals surface area (Å²) in [6, 6.07) is 0. The summed E-state index contributed by atoms with van der Waals surface area (Å²) in [6.07, 6.45) is 85.9. The molecule has 0 fully saturated rings. The van der Waals surface area contributed by atoms with Crippen molar-refractivity contribution in [2.75, 3.05) is 13.2 Å². The first-order valence-electron chi connectivity index (χ1n) is 29.3. The standard InChI is InChI=1S/C67H106O6/c1-4-7-10-13-16-18-20-22-24-25-26-27-28-29-30-31-32-33-34-35-36-37-38-39-40-41-43-44-46-48-51-54-57-60-66(69)72-63-64(62-71-65(68)59-56-53-50-15-12-9-6-3)73-67(70)61-58-55-52-49-47-45-42-23-21-19-17-14-11-8-5-2/h7-8,10-11,16-19,22-24,26-27,29-30,32-33,35-36,38-39,42,47,49,64H,4-6,9,12-15,20-21,25,28,31,34,37,40-41,43-46,48,50-63H2,1-3H3/b10-7-,11-8-,18-16-,19-17-,24-22-,27-26-,30-29-,33-32-,36-35-,39-38-,42-23-,49-47-. The van der Waals surface area contributed by atoms with Gasteiger partial charge in [-0.05, 0) is 122 Å². The molecule has 0 radical (unpaired) electrons. The number of hydrogen-bond acceptors (Lipinski definition) is 6. The van der Waals surface area contributed by atoms with Crippen molar-refractivity contribution in [3.63, 3.8) is 0 Å². The third-order valence-corrected chi connectivity index (χ3v) is 11.8. The lowest BCUT2D eigenvalue weighted by Crippen LogP contribution is -2.30. The molecule has 0 aromatic rings. The minimum atomic E-state index is -0.805. The maximum atomic E-state index is 12.8. The van der Waals surface area contributed by atoms with Gasteiger partial charge in [0, 0.05) is 19.3 Å². The minimum absolute atomic E-state index is 0.101. The van der Waals surface area contributed by atoms with Gasteiger partial charge in [0.05, 0.1) is 0 Å². The number of esters is 3. The predicted octanol–water partition coefficient (Wildman–Crippen LogP) is 20.0. The Morgan fingerprint density at radius 2 is 0.534 bits per heavy atom. The first-order chi connectivity index (χ1) is 36.0. The van der Waals surface area contributed by atoms with Crippen molar-refractivity contribution in [3.8, 4) is 0 Å². The Hall–Kier alpha value is -4.71. The van der Waals surface area contributed by atoms with Crippen molar-refractivity contribution in [3.05, 3.63) is 146 Å². The third kappa shape index (κ3) is 58.1. The lowest BCUT2D eigenvalue weighted by molar-refractivity contribution is -0.167.